The molecule has 4 rings (SSSR count). The topological polar surface area (TPSA) is 24.1 Å². The van der Waals surface area contributed by atoms with Crippen LogP contribution in [0, 0.1) is 0 Å². The van der Waals surface area contributed by atoms with E-state index < -0.39 is 0 Å². The highest BCUT2D eigenvalue weighted by Crippen LogP contribution is 2.34. The molecule has 4 heteroatoms. The van der Waals surface area contributed by atoms with Gasteiger partial charge in [0.25, 0.3) is 0 Å². The van der Waals surface area contributed by atoms with Crippen molar-refractivity contribution >= 4 is 45.8 Å². The lowest BCUT2D eigenvalue weighted by Gasteiger charge is -2.07. The molecule has 0 atom stereocenters. The Kier molecular flexibility index (Phi) is 2.49. The van der Waals surface area contributed by atoms with Gasteiger partial charge in [-0.15, -0.1) is 0 Å². The minimum absolute atomic E-state index is 0.764. The largest absolute Gasteiger partial charge is 0.344 e. The van der Waals surface area contributed by atoms with Crippen LogP contribution in [0.25, 0.3) is 11.4 Å². The number of rotatable bonds is 0. The molecule has 0 aromatic heterocycles. The van der Waals surface area contributed by atoms with Crippen molar-refractivity contribution in [3.05, 3.63) is 70.8 Å². The molecule has 96 valence electrons. The number of fused-ring (bicyclic) bond motifs is 2. The first kappa shape index (κ1) is 11.8. The Labute approximate surface area is 127 Å². The van der Waals surface area contributed by atoms with Crippen molar-refractivity contribution in [3.63, 3.8) is 0 Å². The molecule has 2 N–H and O–H groups in total. The Balaban J connectivity index is 1.99. The Morgan fingerprint density at radius 1 is 0.550 bits per heavy atom. The summed E-state index contributed by atoms with van der Waals surface area (Å²) in [5.41, 5.74) is 6.42. The second-order valence-electron chi connectivity index (χ2n) is 4.75. The molecule has 2 aliphatic heterocycles. The van der Waals surface area contributed by atoms with Crippen LogP contribution in [0.3, 0.4) is 0 Å². The molecule has 0 fully saturated rings. The Morgan fingerprint density at radius 3 is 1.30 bits per heavy atom. The van der Waals surface area contributed by atoms with Gasteiger partial charge in [0.15, 0.2) is 0 Å². The zero-order valence-electron chi connectivity index (χ0n) is 10.4. The van der Waals surface area contributed by atoms with E-state index in [0.717, 1.165) is 43.6 Å². The molecule has 0 saturated carbocycles. The summed E-state index contributed by atoms with van der Waals surface area (Å²) in [5, 5.41) is 6.62. The summed E-state index contributed by atoms with van der Waals surface area (Å²) >= 11 is 10.8. The summed E-state index contributed by atoms with van der Waals surface area (Å²) in [6.45, 7) is 0. The van der Waals surface area contributed by atoms with E-state index in [4.69, 9.17) is 24.4 Å². The third-order valence-electron chi connectivity index (χ3n) is 3.61. The van der Waals surface area contributed by atoms with Gasteiger partial charge >= 0.3 is 0 Å². The van der Waals surface area contributed by atoms with Crippen molar-refractivity contribution in [2.24, 2.45) is 0 Å². The average Bonchev–Trinajstić information content (AvgIpc) is 2.99. The summed E-state index contributed by atoms with van der Waals surface area (Å²) in [4.78, 5) is 1.53. The summed E-state index contributed by atoms with van der Waals surface area (Å²) in [6, 6.07) is 16.3. The molecule has 0 amide bonds. The number of hydrogen-bond acceptors (Lipinski definition) is 2. The highest BCUT2D eigenvalue weighted by Gasteiger charge is 2.28. The van der Waals surface area contributed by atoms with Gasteiger partial charge in [0.2, 0.25) is 0 Å². The summed E-state index contributed by atoms with van der Waals surface area (Å²) in [7, 11) is 0. The minimum Gasteiger partial charge on any atom is -0.344 e. The first-order chi connectivity index (χ1) is 9.75. The molecule has 0 bridgehead atoms. The fourth-order valence-corrected chi connectivity index (χ4v) is 3.25. The van der Waals surface area contributed by atoms with E-state index in [1.807, 2.05) is 36.4 Å². The molecule has 0 spiro atoms. The van der Waals surface area contributed by atoms with Crippen LogP contribution in [-0.4, -0.2) is 9.98 Å². The lowest BCUT2D eigenvalue weighted by Crippen LogP contribution is -2.17. The molecule has 0 saturated heterocycles. The smallest absolute Gasteiger partial charge is 0.111 e. The van der Waals surface area contributed by atoms with Crippen LogP contribution < -0.4 is 10.6 Å². The van der Waals surface area contributed by atoms with E-state index in [1.54, 1.807) is 0 Å². The van der Waals surface area contributed by atoms with Gasteiger partial charge in [-0.25, -0.2) is 0 Å². The van der Waals surface area contributed by atoms with Gasteiger partial charge in [0, 0.05) is 22.3 Å². The predicted octanol–water partition coefficient (Wildman–Crippen LogP) is 3.07. The molecule has 2 aromatic carbocycles. The fourth-order valence-electron chi connectivity index (χ4n) is 2.69. The van der Waals surface area contributed by atoms with E-state index in [2.05, 4.69) is 22.8 Å². The zero-order valence-corrected chi connectivity index (χ0v) is 12.1. The Bertz CT molecular complexity index is 738. The third-order valence-corrected chi connectivity index (χ3v) is 4.25. The highest BCUT2D eigenvalue weighted by molar-refractivity contribution is 7.81. The predicted molar refractivity (Wildman–Crippen MR) is 89.4 cm³/mol. The second-order valence-corrected chi connectivity index (χ2v) is 5.57. The number of benzene rings is 2. The van der Waals surface area contributed by atoms with Crippen molar-refractivity contribution in [2.45, 2.75) is 0 Å². The Hall–Kier alpha value is -2.04. The van der Waals surface area contributed by atoms with E-state index in [0.29, 0.717) is 0 Å². The van der Waals surface area contributed by atoms with E-state index in [9.17, 15) is 0 Å². The molecule has 2 aromatic rings. The monoisotopic (exact) mass is 294 g/mol. The average molecular weight is 294 g/mol. The molecule has 0 aliphatic carbocycles. The molecule has 2 heterocycles. The van der Waals surface area contributed by atoms with Gasteiger partial charge in [-0.3, -0.25) is 0 Å². The van der Waals surface area contributed by atoms with E-state index in [1.165, 1.54) is 0 Å². The maximum absolute atomic E-state index is 5.41. The first-order valence-corrected chi connectivity index (χ1v) is 7.13. The minimum atomic E-state index is 0.764. The zero-order chi connectivity index (χ0) is 13.7. The van der Waals surface area contributed by atoms with Crippen molar-refractivity contribution in [1.29, 1.82) is 0 Å². The van der Waals surface area contributed by atoms with E-state index >= 15 is 0 Å². The van der Waals surface area contributed by atoms with Gasteiger partial charge in [0.1, 0.15) is 9.98 Å². The normalized spacial score (nSPS) is 19.4. The van der Waals surface area contributed by atoms with Crippen molar-refractivity contribution < 1.29 is 0 Å². The van der Waals surface area contributed by atoms with Crippen molar-refractivity contribution in [3.8, 4) is 0 Å². The lowest BCUT2D eigenvalue weighted by molar-refractivity contribution is 1.32. The Morgan fingerprint density at radius 2 is 0.900 bits per heavy atom. The lowest BCUT2D eigenvalue weighted by atomic mass is 10.0. The number of thiocarbonyl (C=S) groups is 2. The standard InChI is InChI=1S/C16H10N2S2/c19-15-11-7-3-1-5-9(11)13(17-15)14-10-6-2-4-8-12(10)16(20)18-14/h1-8H,(H,17,19)(H,18,20). The van der Waals surface area contributed by atoms with Crippen molar-refractivity contribution in [1.82, 2.24) is 10.6 Å². The molecule has 0 radical (unpaired) electrons. The molecular formula is C16H10N2S2. The van der Waals surface area contributed by atoms with Crippen LogP contribution in [0.4, 0.5) is 0 Å². The van der Waals surface area contributed by atoms with Crippen LogP contribution in [0.2, 0.25) is 0 Å². The van der Waals surface area contributed by atoms with Gasteiger partial charge in [-0.2, -0.15) is 0 Å². The highest BCUT2D eigenvalue weighted by atomic mass is 32.1. The third kappa shape index (κ3) is 1.55. The van der Waals surface area contributed by atoms with Crippen LogP contribution in [0.15, 0.2) is 48.5 Å². The molecule has 2 aliphatic rings. The maximum Gasteiger partial charge on any atom is 0.111 e. The molecule has 0 unspecified atom stereocenters. The molecule has 2 nitrogen and oxygen atoms in total. The molecule has 20 heavy (non-hydrogen) atoms. The number of hydrogen-bond donors (Lipinski definition) is 2. The maximum atomic E-state index is 5.41. The summed E-state index contributed by atoms with van der Waals surface area (Å²) in [5.74, 6) is 0. The van der Waals surface area contributed by atoms with Crippen molar-refractivity contribution in [2.75, 3.05) is 0 Å². The fraction of sp³-hybridized carbons (Fsp3) is 0. The van der Waals surface area contributed by atoms with Gasteiger partial charge in [-0.1, -0.05) is 73.0 Å². The SMILES string of the molecule is S=C1NC(=C2NC(=S)c3ccccc32)c2ccccc21. The van der Waals surface area contributed by atoms with Gasteiger partial charge in [0.05, 0.1) is 11.4 Å². The van der Waals surface area contributed by atoms with Crippen LogP contribution in [-0.2, 0) is 0 Å². The van der Waals surface area contributed by atoms with Crippen LogP contribution in [0.5, 0.6) is 0 Å². The molecular weight excluding hydrogens is 284 g/mol. The van der Waals surface area contributed by atoms with Crippen LogP contribution >= 0.6 is 24.4 Å². The summed E-state index contributed by atoms with van der Waals surface area (Å²) < 4.78 is 0. The van der Waals surface area contributed by atoms with Gasteiger partial charge in [-0.05, 0) is 0 Å². The van der Waals surface area contributed by atoms with Gasteiger partial charge < -0.3 is 10.6 Å². The second kappa shape index (κ2) is 4.23. The first-order valence-electron chi connectivity index (χ1n) is 6.31. The quantitative estimate of drug-likeness (QED) is 0.729. The summed E-state index contributed by atoms with van der Waals surface area (Å²) in [6.07, 6.45) is 0. The number of nitrogens with one attached hydrogen (secondary N) is 2. The van der Waals surface area contributed by atoms with Crippen LogP contribution in [0.1, 0.15) is 22.3 Å². The van der Waals surface area contributed by atoms with E-state index in [-0.39, 0.29) is 0 Å².